The van der Waals surface area contributed by atoms with Gasteiger partial charge in [-0.1, -0.05) is 126 Å². The summed E-state index contributed by atoms with van der Waals surface area (Å²) < 4.78 is 0. The second-order valence-electron chi connectivity index (χ2n) is 12.5. The molecule has 1 heterocycles. The van der Waals surface area contributed by atoms with Crippen LogP contribution in [0, 0.1) is 5.41 Å². The molecule has 4 rings (SSSR count). The van der Waals surface area contributed by atoms with Crippen LogP contribution >= 0.6 is 0 Å². The Balaban J connectivity index is 1.70. The fourth-order valence-corrected chi connectivity index (χ4v) is 6.24. The number of anilines is 1. The molecule has 1 amide bonds. The summed E-state index contributed by atoms with van der Waals surface area (Å²) in [7, 11) is 0. The Hall–Kier alpha value is -3.13. The molecule has 206 valence electrons. The van der Waals surface area contributed by atoms with E-state index in [0.717, 1.165) is 56.3 Å². The lowest BCUT2D eigenvalue weighted by molar-refractivity contribution is -0.116. The molecule has 0 radical (unpaired) electrons. The molecule has 0 atom stereocenters. The number of amides is 1. The zero-order valence-electron chi connectivity index (χ0n) is 25.0. The summed E-state index contributed by atoms with van der Waals surface area (Å²) in [6.07, 6.45) is 5.90. The Morgan fingerprint density at radius 1 is 0.667 bits per heavy atom. The first-order chi connectivity index (χ1) is 18.7. The smallest absolute Gasteiger partial charge is 0.254 e. The molecule has 0 aromatic heterocycles. The van der Waals surface area contributed by atoms with Crippen molar-refractivity contribution in [3.63, 3.8) is 0 Å². The van der Waals surface area contributed by atoms with E-state index in [1.165, 1.54) is 27.8 Å². The van der Waals surface area contributed by atoms with E-state index in [-0.39, 0.29) is 11.3 Å². The van der Waals surface area contributed by atoms with E-state index >= 15 is 0 Å². The minimum absolute atomic E-state index is 0.0784. The zero-order valence-corrected chi connectivity index (χ0v) is 25.0. The first-order valence-corrected chi connectivity index (χ1v) is 14.9. The van der Waals surface area contributed by atoms with Crippen LogP contribution in [-0.2, 0) is 17.6 Å². The topological polar surface area (TPSA) is 20.3 Å². The summed E-state index contributed by atoms with van der Waals surface area (Å²) in [4.78, 5) is 16.7. The Bertz CT molecular complexity index is 1240. The average molecular weight is 522 g/mol. The highest BCUT2D eigenvalue weighted by molar-refractivity contribution is 6.08. The standard InChI is InChI=1S/C37H47NO/c1-27(2)31-22-15-23-32(28(3)4)35(31)38-26-37(5,6)34(25-14-21-30-18-11-8-12-19-30)33(36(38)39)24-13-20-29-16-9-7-10-17-29/h7-12,15-19,22-23,27-28H,13-14,20-21,24-26H2,1-6H3. The number of benzene rings is 3. The van der Waals surface area contributed by atoms with Gasteiger partial charge < -0.3 is 4.90 Å². The molecule has 1 aliphatic rings. The monoisotopic (exact) mass is 521 g/mol. The lowest BCUT2D eigenvalue weighted by atomic mass is 9.73. The third kappa shape index (κ3) is 6.90. The number of aryl methyl sites for hydroxylation is 2. The molecule has 0 N–H and O–H groups in total. The van der Waals surface area contributed by atoms with Crippen LogP contribution in [0.2, 0.25) is 0 Å². The number of rotatable bonds is 11. The summed E-state index contributed by atoms with van der Waals surface area (Å²) in [6.45, 7) is 14.4. The minimum Gasteiger partial charge on any atom is -0.307 e. The molecule has 2 nitrogen and oxygen atoms in total. The van der Waals surface area contributed by atoms with Gasteiger partial charge >= 0.3 is 0 Å². The van der Waals surface area contributed by atoms with Crippen molar-refractivity contribution in [1.82, 2.24) is 0 Å². The Kier molecular flexibility index (Phi) is 9.49. The van der Waals surface area contributed by atoms with E-state index in [1.54, 1.807) is 0 Å². The van der Waals surface area contributed by atoms with Crippen molar-refractivity contribution in [2.45, 2.75) is 91.9 Å². The van der Waals surface area contributed by atoms with Crippen LogP contribution in [-0.4, -0.2) is 12.5 Å². The summed E-state index contributed by atoms with van der Waals surface area (Å²) in [5.41, 5.74) is 8.79. The van der Waals surface area contributed by atoms with Gasteiger partial charge in [0.05, 0.1) is 5.69 Å². The van der Waals surface area contributed by atoms with E-state index in [4.69, 9.17) is 0 Å². The quantitative estimate of drug-likeness (QED) is 0.246. The molecule has 2 heteroatoms. The summed E-state index contributed by atoms with van der Waals surface area (Å²) in [5, 5.41) is 0. The molecule has 0 spiro atoms. The molecule has 39 heavy (non-hydrogen) atoms. The van der Waals surface area contributed by atoms with Crippen LogP contribution in [0.1, 0.15) is 101 Å². The maximum Gasteiger partial charge on any atom is 0.254 e. The van der Waals surface area contributed by atoms with E-state index in [9.17, 15) is 4.79 Å². The highest BCUT2D eigenvalue weighted by Gasteiger charge is 2.40. The van der Waals surface area contributed by atoms with Crippen LogP contribution in [0.15, 0.2) is 90.0 Å². The second kappa shape index (κ2) is 12.8. The predicted octanol–water partition coefficient (Wildman–Crippen LogP) is 9.65. The van der Waals surface area contributed by atoms with Crippen molar-refractivity contribution in [2.24, 2.45) is 5.41 Å². The van der Waals surface area contributed by atoms with Crippen molar-refractivity contribution < 1.29 is 4.79 Å². The first-order valence-electron chi connectivity index (χ1n) is 14.9. The van der Waals surface area contributed by atoms with E-state index < -0.39 is 0 Å². The summed E-state index contributed by atoms with van der Waals surface area (Å²) in [6, 6.07) is 28.0. The van der Waals surface area contributed by atoms with Crippen molar-refractivity contribution in [3.05, 3.63) is 112 Å². The van der Waals surface area contributed by atoms with Crippen molar-refractivity contribution in [1.29, 1.82) is 0 Å². The molecule has 3 aromatic rings. The molecule has 0 unspecified atom stereocenters. The fourth-order valence-electron chi connectivity index (χ4n) is 6.24. The Morgan fingerprint density at radius 3 is 1.64 bits per heavy atom. The van der Waals surface area contributed by atoms with Crippen LogP contribution < -0.4 is 4.90 Å². The van der Waals surface area contributed by atoms with Crippen LogP contribution in [0.5, 0.6) is 0 Å². The highest BCUT2D eigenvalue weighted by Crippen LogP contribution is 2.45. The molecule has 0 aliphatic carbocycles. The van der Waals surface area contributed by atoms with Crippen molar-refractivity contribution in [2.75, 3.05) is 11.4 Å². The van der Waals surface area contributed by atoms with Gasteiger partial charge in [-0.25, -0.2) is 0 Å². The molecule has 0 saturated heterocycles. The van der Waals surface area contributed by atoms with Gasteiger partial charge in [-0.2, -0.15) is 0 Å². The highest BCUT2D eigenvalue weighted by atomic mass is 16.2. The number of nitrogens with zero attached hydrogens (tertiary/aromatic N) is 1. The van der Waals surface area contributed by atoms with Gasteiger partial charge in [-0.05, 0) is 72.6 Å². The zero-order chi connectivity index (χ0) is 28.0. The number of carbonyl (C=O) groups is 1. The Morgan fingerprint density at radius 2 is 1.15 bits per heavy atom. The SMILES string of the molecule is CC(C)c1cccc(C(C)C)c1N1CC(C)(C)C(CCCc2ccccc2)=C(CCCc2ccccc2)C1=O. The van der Waals surface area contributed by atoms with E-state index in [0.29, 0.717) is 11.8 Å². The van der Waals surface area contributed by atoms with Crippen LogP contribution in [0.25, 0.3) is 0 Å². The van der Waals surface area contributed by atoms with Crippen LogP contribution in [0.3, 0.4) is 0 Å². The summed E-state index contributed by atoms with van der Waals surface area (Å²) >= 11 is 0. The third-order valence-electron chi connectivity index (χ3n) is 8.32. The molecule has 1 aliphatic heterocycles. The van der Waals surface area contributed by atoms with Crippen molar-refractivity contribution in [3.8, 4) is 0 Å². The fraction of sp³-hybridized carbons (Fsp3) is 0.432. The molecule has 3 aromatic carbocycles. The molecule has 0 saturated carbocycles. The van der Waals surface area contributed by atoms with E-state index in [1.807, 2.05) is 0 Å². The number of hydrogen-bond donors (Lipinski definition) is 0. The van der Waals surface area contributed by atoms with Gasteiger partial charge in [-0.15, -0.1) is 0 Å². The Labute approximate surface area is 237 Å². The molecule has 0 bridgehead atoms. The maximum absolute atomic E-state index is 14.5. The lowest BCUT2D eigenvalue weighted by Gasteiger charge is -2.43. The largest absolute Gasteiger partial charge is 0.307 e. The molecular formula is C37H47NO. The van der Waals surface area contributed by atoms with Crippen molar-refractivity contribution >= 4 is 11.6 Å². The number of hydrogen-bond acceptors (Lipinski definition) is 1. The van der Waals surface area contributed by atoms with E-state index in [2.05, 4.69) is 125 Å². The first kappa shape index (κ1) is 28.9. The number of carbonyl (C=O) groups excluding carboxylic acids is 1. The van der Waals surface area contributed by atoms with Gasteiger partial charge in [0, 0.05) is 17.5 Å². The maximum atomic E-state index is 14.5. The van der Waals surface area contributed by atoms with Gasteiger partial charge in [0.15, 0.2) is 0 Å². The van der Waals surface area contributed by atoms with Gasteiger partial charge in [0.25, 0.3) is 5.91 Å². The lowest BCUT2D eigenvalue weighted by Crippen LogP contribution is -2.47. The average Bonchev–Trinajstić information content (AvgIpc) is 2.92. The predicted molar refractivity (Wildman–Crippen MR) is 167 cm³/mol. The van der Waals surface area contributed by atoms with Crippen LogP contribution in [0.4, 0.5) is 5.69 Å². The van der Waals surface area contributed by atoms with Gasteiger partial charge in [0.1, 0.15) is 0 Å². The third-order valence-corrected chi connectivity index (χ3v) is 8.32. The minimum atomic E-state index is -0.0784. The second-order valence-corrected chi connectivity index (χ2v) is 12.5. The van der Waals surface area contributed by atoms with Gasteiger partial charge in [0.2, 0.25) is 0 Å². The van der Waals surface area contributed by atoms with Gasteiger partial charge in [-0.3, -0.25) is 4.79 Å². The molecule has 0 fully saturated rings. The normalized spacial score (nSPS) is 15.5. The number of para-hydroxylation sites is 1. The molecular weight excluding hydrogens is 474 g/mol. The summed E-state index contributed by atoms with van der Waals surface area (Å²) in [5.74, 6) is 0.937.